The lowest BCUT2D eigenvalue weighted by molar-refractivity contribution is -0.121. The molecule has 39 heavy (non-hydrogen) atoms. The van der Waals surface area contributed by atoms with Crippen LogP contribution in [0, 0.1) is 0 Å². The van der Waals surface area contributed by atoms with Crippen molar-refractivity contribution in [3.8, 4) is 17.1 Å². The third-order valence-corrected chi connectivity index (χ3v) is 6.96. The maximum atomic E-state index is 12.6. The number of anilines is 1. The average molecular weight is 519 g/mol. The summed E-state index contributed by atoms with van der Waals surface area (Å²) in [4.78, 5) is 17.3. The Hall–Kier alpha value is -4.69. The molecule has 0 spiro atoms. The molecular formula is C31H30N6O2. The van der Waals surface area contributed by atoms with Gasteiger partial charge in [-0.3, -0.25) is 9.69 Å². The Bertz CT molecular complexity index is 1530. The highest BCUT2D eigenvalue weighted by molar-refractivity contribution is 5.91. The lowest BCUT2D eigenvalue weighted by Crippen LogP contribution is -2.47. The Kier molecular flexibility index (Phi) is 7.18. The molecule has 8 heteroatoms. The summed E-state index contributed by atoms with van der Waals surface area (Å²) < 4.78 is 7.87. The number of nitrogens with zero attached hydrogens (tertiary/aromatic N) is 5. The molecule has 3 heterocycles. The molecular weight excluding hydrogens is 488 g/mol. The molecule has 196 valence electrons. The third kappa shape index (κ3) is 5.76. The second-order valence-electron chi connectivity index (χ2n) is 9.57. The third-order valence-electron chi connectivity index (χ3n) is 6.96. The van der Waals surface area contributed by atoms with Crippen molar-refractivity contribution in [2.45, 2.75) is 6.42 Å². The van der Waals surface area contributed by atoms with E-state index in [1.807, 2.05) is 72.9 Å². The van der Waals surface area contributed by atoms with E-state index in [4.69, 9.17) is 9.52 Å². The van der Waals surface area contributed by atoms with Crippen LogP contribution in [-0.2, 0) is 4.79 Å². The van der Waals surface area contributed by atoms with E-state index in [1.54, 1.807) is 10.9 Å². The standard InChI is InChI=1S/C31H30N6O2/c38-30(15-16-35-17-19-36(20-18-35)26-10-3-1-4-11-26)33-32-22-25-23-37(27-12-5-2-6-13-27)34-31(25)29-21-24-9-7-8-14-28(24)39-29/h1-14,21-23H,15-20H2,(H,33,38). The number of carbonyl (C=O) groups excluding carboxylic acids is 1. The Morgan fingerprint density at radius 2 is 1.59 bits per heavy atom. The number of para-hydroxylation sites is 3. The number of amides is 1. The minimum Gasteiger partial charge on any atom is -0.454 e. The highest BCUT2D eigenvalue weighted by Gasteiger charge is 2.18. The van der Waals surface area contributed by atoms with Crippen molar-refractivity contribution in [1.82, 2.24) is 20.1 Å². The fourth-order valence-corrected chi connectivity index (χ4v) is 4.84. The topological polar surface area (TPSA) is 78.9 Å². The molecule has 0 bridgehead atoms. The van der Waals surface area contributed by atoms with Gasteiger partial charge in [0.1, 0.15) is 11.3 Å². The lowest BCUT2D eigenvalue weighted by atomic mass is 10.2. The Labute approximate surface area is 227 Å². The van der Waals surface area contributed by atoms with Gasteiger partial charge in [-0.1, -0.05) is 54.6 Å². The second-order valence-corrected chi connectivity index (χ2v) is 9.57. The van der Waals surface area contributed by atoms with Crippen LogP contribution in [0.2, 0.25) is 0 Å². The summed E-state index contributed by atoms with van der Waals surface area (Å²) in [6, 6.07) is 30.2. The predicted molar refractivity (Wildman–Crippen MR) is 154 cm³/mol. The van der Waals surface area contributed by atoms with Crippen molar-refractivity contribution in [2.75, 3.05) is 37.6 Å². The molecule has 1 amide bonds. The van der Waals surface area contributed by atoms with Gasteiger partial charge in [-0.15, -0.1) is 0 Å². The van der Waals surface area contributed by atoms with Gasteiger partial charge in [0.2, 0.25) is 5.91 Å². The van der Waals surface area contributed by atoms with E-state index in [0.717, 1.165) is 48.4 Å². The number of aromatic nitrogens is 2. The van der Waals surface area contributed by atoms with Crippen molar-refractivity contribution in [3.63, 3.8) is 0 Å². The number of fused-ring (bicyclic) bond motifs is 1. The first-order valence-corrected chi connectivity index (χ1v) is 13.2. The van der Waals surface area contributed by atoms with Crippen LogP contribution < -0.4 is 10.3 Å². The van der Waals surface area contributed by atoms with Crippen molar-refractivity contribution < 1.29 is 9.21 Å². The first-order chi connectivity index (χ1) is 19.2. The summed E-state index contributed by atoms with van der Waals surface area (Å²) in [5, 5.41) is 10.0. The van der Waals surface area contributed by atoms with Gasteiger partial charge in [-0.25, -0.2) is 10.1 Å². The van der Waals surface area contributed by atoms with Gasteiger partial charge in [-0.05, 0) is 36.4 Å². The number of piperazine rings is 1. The van der Waals surface area contributed by atoms with Gasteiger partial charge in [0.25, 0.3) is 0 Å². The summed E-state index contributed by atoms with van der Waals surface area (Å²) in [6.45, 7) is 4.50. The van der Waals surface area contributed by atoms with Crippen LogP contribution in [0.3, 0.4) is 0 Å². The fourth-order valence-electron chi connectivity index (χ4n) is 4.84. The first kappa shape index (κ1) is 24.6. The predicted octanol–water partition coefficient (Wildman–Crippen LogP) is 4.95. The molecule has 5 aromatic rings. The molecule has 6 rings (SSSR count). The summed E-state index contributed by atoms with van der Waals surface area (Å²) in [5.41, 5.74) is 7.06. The van der Waals surface area contributed by atoms with Crippen LogP contribution >= 0.6 is 0 Å². The molecule has 0 saturated carbocycles. The highest BCUT2D eigenvalue weighted by Crippen LogP contribution is 2.29. The maximum Gasteiger partial charge on any atom is 0.241 e. The van der Waals surface area contributed by atoms with Crippen molar-refractivity contribution in [1.29, 1.82) is 0 Å². The molecule has 1 aliphatic rings. The minimum atomic E-state index is -0.113. The molecule has 0 aliphatic carbocycles. The lowest BCUT2D eigenvalue weighted by Gasteiger charge is -2.36. The van der Waals surface area contributed by atoms with Gasteiger partial charge >= 0.3 is 0 Å². The number of nitrogens with one attached hydrogen (secondary N) is 1. The Morgan fingerprint density at radius 3 is 2.33 bits per heavy atom. The number of furan rings is 1. The molecule has 1 fully saturated rings. The molecule has 0 unspecified atom stereocenters. The molecule has 1 aliphatic heterocycles. The number of hydrazone groups is 1. The summed E-state index contributed by atoms with van der Waals surface area (Å²) in [5.74, 6) is 0.533. The fraction of sp³-hybridized carbons (Fsp3) is 0.194. The number of rotatable bonds is 8. The Balaban J connectivity index is 1.09. The zero-order valence-corrected chi connectivity index (χ0v) is 21.6. The van der Waals surface area contributed by atoms with Gasteiger partial charge in [-0.2, -0.15) is 10.2 Å². The molecule has 8 nitrogen and oxygen atoms in total. The Morgan fingerprint density at radius 1 is 0.897 bits per heavy atom. The van der Waals surface area contributed by atoms with Gasteiger partial charge < -0.3 is 9.32 Å². The zero-order valence-electron chi connectivity index (χ0n) is 21.6. The summed E-state index contributed by atoms with van der Waals surface area (Å²) in [6.07, 6.45) is 3.91. The smallest absolute Gasteiger partial charge is 0.241 e. The second kappa shape index (κ2) is 11.4. The number of benzene rings is 3. The molecule has 1 N–H and O–H groups in total. The van der Waals surface area contributed by atoms with Crippen LogP contribution in [0.25, 0.3) is 28.1 Å². The van der Waals surface area contributed by atoms with Crippen LogP contribution in [0.4, 0.5) is 5.69 Å². The van der Waals surface area contributed by atoms with E-state index < -0.39 is 0 Å². The van der Waals surface area contributed by atoms with Crippen LogP contribution in [0.15, 0.2) is 107 Å². The van der Waals surface area contributed by atoms with Crippen LogP contribution in [0.1, 0.15) is 12.0 Å². The summed E-state index contributed by atoms with van der Waals surface area (Å²) in [7, 11) is 0. The molecule has 2 aromatic heterocycles. The number of carbonyl (C=O) groups is 1. The monoisotopic (exact) mass is 518 g/mol. The first-order valence-electron chi connectivity index (χ1n) is 13.2. The van der Waals surface area contributed by atoms with Crippen molar-refractivity contribution in [2.24, 2.45) is 5.10 Å². The van der Waals surface area contributed by atoms with Crippen molar-refractivity contribution >= 4 is 28.8 Å². The average Bonchev–Trinajstić information content (AvgIpc) is 3.62. The van der Waals surface area contributed by atoms with E-state index in [2.05, 4.69) is 44.6 Å². The van der Waals surface area contributed by atoms with Crippen LogP contribution in [0.5, 0.6) is 0 Å². The van der Waals surface area contributed by atoms with E-state index in [9.17, 15) is 4.79 Å². The zero-order chi connectivity index (χ0) is 26.4. The SMILES string of the molecule is O=C(CCN1CCN(c2ccccc2)CC1)NN=Cc1cn(-c2ccccc2)nc1-c1cc2ccccc2o1. The van der Waals surface area contributed by atoms with Gasteiger partial charge in [0, 0.05) is 62.0 Å². The van der Waals surface area contributed by atoms with Crippen LogP contribution in [-0.4, -0.2) is 59.5 Å². The van der Waals surface area contributed by atoms with E-state index in [1.165, 1.54) is 5.69 Å². The molecule has 1 saturated heterocycles. The van der Waals surface area contributed by atoms with E-state index in [0.29, 0.717) is 24.4 Å². The van der Waals surface area contributed by atoms with E-state index in [-0.39, 0.29) is 5.91 Å². The largest absolute Gasteiger partial charge is 0.454 e. The highest BCUT2D eigenvalue weighted by atomic mass is 16.3. The molecule has 3 aromatic carbocycles. The quantitative estimate of drug-likeness (QED) is 0.232. The normalized spacial score (nSPS) is 14.3. The molecule has 0 radical (unpaired) electrons. The maximum absolute atomic E-state index is 12.6. The van der Waals surface area contributed by atoms with Gasteiger partial charge in [0.05, 0.1) is 11.9 Å². The van der Waals surface area contributed by atoms with Crippen molar-refractivity contribution in [3.05, 3.63) is 103 Å². The van der Waals surface area contributed by atoms with E-state index >= 15 is 0 Å². The number of hydrogen-bond acceptors (Lipinski definition) is 6. The minimum absolute atomic E-state index is 0.113. The summed E-state index contributed by atoms with van der Waals surface area (Å²) >= 11 is 0. The van der Waals surface area contributed by atoms with Gasteiger partial charge in [0.15, 0.2) is 5.76 Å². The molecule has 0 atom stereocenters. The number of hydrogen-bond donors (Lipinski definition) is 1.